The zero-order valence-electron chi connectivity index (χ0n) is 16.0. The molecule has 0 spiro atoms. The first kappa shape index (κ1) is 19.4. The Labute approximate surface area is 169 Å². The van der Waals surface area contributed by atoms with Crippen LogP contribution in [0.5, 0.6) is 11.5 Å². The average molecular weight is 420 g/mol. The fraction of sp³-hybridized carbons (Fsp3) is 0.421. The van der Waals surface area contributed by atoms with Gasteiger partial charge in [-0.1, -0.05) is 6.07 Å². The summed E-state index contributed by atoms with van der Waals surface area (Å²) in [7, 11) is -0.324. The quantitative estimate of drug-likeness (QED) is 0.420. The van der Waals surface area contributed by atoms with Gasteiger partial charge in [-0.2, -0.15) is 0 Å². The Morgan fingerprint density at radius 1 is 1.31 bits per heavy atom. The number of hydrogen-bond donors (Lipinski definition) is 1. The van der Waals surface area contributed by atoms with Crippen LogP contribution in [-0.2, 0) is 29.9 Å². The first-order valence-electron chi connectivity index (χ1n) is 8.94. The summed E-state index contributed by atoms with van der Waals surface area (Å²) >= 11 is 0. The minimum Gasteiger partial charge on any atom is -0.467 e. The van der Waals surface area contributed by atoms with Gasteiger partial charge in [-0.25, -0.2) is 4.79 Å². The molecule has 0 saturated carbocycles. The first-order chi connectivity index (χ1) is 13.8. The lowest BCUT2D eigenvalue weighted by molar-refractivity contribution is -0.162. The van der Waals surface area contributed by atoms with Crippen molar-refractivity contribution in [3.63, 3.8) is 0 Å². The van der Waals surface area contributed by atoms with E-state index in [0.29, 0.717) is 11.5 Å². The van der Waals surface area contributed by atoms with E-state index in [4.69, 9.17) is 14.2 Å². The number of nitrogens with one attached hydrogen (secondary N) is 1. The number of esters is 1. The van der Waals surface area contributed by atoms with Crippen molar-refractivity contribution < 1.29 is 32.8 Å². The third-order valence-corrected chi connectivity index (χ3v) is 7.50. The van der Waals surface area contributed by atoms with E-state index in [1.807, 2.05) is 0 Å². The highest BCUT2D eigenvalue weighted by atomic mass is 32.2. The van der Waals surface area contributed by atoms with E-state index in [9.17, 15) is 18.6 Å². The van der Waals surface area contributed by atoms with Crippen molar-refractivity contribution in [3.8, 4) is 11.5 Å². The van der Waals surface area contributed by atoms with Gasteiger partial charge < -0.3 is 24.4 Å². The van der Waals surface area contributed by atoms with E-state index in [2.05, 4.69) is 5.32 Å². The Morgan fingerprint density at radius 3 is 2.76 bits per heavy atom. The molecule has 0 bridgehead atoms. The molecule has 1 unspecified atom stereocenters. The van der Waals surface area contributed by atoms with Gasteiger partial charge in [-0.3, -0.25) is 13.8 Å². The van der Waals surface area contributed by atoms with E-state index < -0.39 is 50.8 Å². The minimum absolute atomic E-state index is 0.157. The van der Waals surface area contributed by atoms with Gasteiger partial charge >= 0.3 is 5.97 Å². The Hall–Kier alpha value is -2.88. The van der Waals surface area contributed by atoms with Gasteiger partial charge in [0.05, 0.1) is 22.7 Å². The number of fused-ring (bicyclic) bond motifs is 2. The van der Waals surface area contributed by atoms with Crippen molar-refractivity contribution in [2.24, 2.45) is 0 Å². The minimum atomic E-state index is -1.55. The lowest BCUT2D eigenvalue weighted by Gasteiger charge is -2.43. The summed E-state index contributed by atoms with van der Waals surface area (Å²) in [5.74, 6) is -0.342. The van der Waals surface area contributed by atoms with Gasteiger partial charge in [0, 0.05) is 6.08 Å². The van der Waals surface area contributed by atoms with Gasteiger partial charge in [-0.05, 0) is 37.6 Å². The van der Waals surface area contributed by atoms with E-state index in [0.717, 1.165) is 5.56 Å². The van der Waals surface area contributed by atoms with Crippen LogP contribution in [0.25, 0.3) is 6.08 Å². The SMILES string of the molecule is COC(=O)[C@@H]1N2C(=O)[C@@H](NC(=O)/C=C/c3ccc4c(c3)OCO4)[C@H]2S(=O)C1(C)C. The molecule has 2 amide bonds. The fourth-order valence-corrected chi connectivity index (χ4v) is 5.69. The van der Waals surface area contributed by atoms with E-state index in [1.165, 1.54) is 18.1 Å². The lowest BCUT2D eigenvalue weighted by atomic mass is 9.96. The fourth-order valence-electron chi connectivity index (χ4n) is 3.78. The third kappa shape index (κ3) is 2.98. The second-order valence-electron chi connectivity index (χ2n) is 7.39. The zero-order chi connectivity index (χ0) is 20.9. The van der Waals surface area contributed by atoms with Crippen molar-refractivity contribution in [2.75, 3.05) is 13.9 Å². The predicted molar refractivity (Wildman–Crippen MR) is 102 cm³/mol. The Morgan fingerprint density at radius 2 is 2.03 bits per heavy atom. The van der Waals surface area contributed by atoms with Gasteiger partial charge in [0.15, 0.2) is 11.5 Å². The van der Waals surface area contributed by atoms with Crippen LogP contribution in [0.4, 0.5) is 0 Å². The maximum atomic E-state index is 12.9. The normalized spacial score (nSPS) is 28.8. The number of methoxy groups -OCH3 is 1. The van der Waals surface area contributed by atoms with Crippen LogP contribution in [0.15, 0.2) is 24.3 Å². The van der Waals surface area contributed by atoms with Crippen molar-refractivity contribution in [1.82, 2.24) is 10.2 Å². The maximum absolute atomic E-state index is 12.9. The molecule has 0 aromatic heterocycles. The molecular formula is C19H20N2O7S. The van der Waals surface area contributed by atoms with Gasteiger partial charge in [0.25, 0.3) is 0 Å². The molecule has 1 N–H and O–H groups in total. The smallest absolute Gasteiger partial charge is 0.330 e. The summed E-state index contributed by atoms with van der Waals surface area (Å²) in [6.07, 6.45) is 2.86. The molecule has 10 heteroatoms. The van der Waals surface area contributed by atoms with Crippen LogP contribution in [0, 0.1) is 0 Å². The van der Waals surface area contributed by atoms with Crippen LogP contribution < -0.4 is 14.8 Å². The highest BCUT2D eigenvalue weighted by Crippen LogP contribution is 2.43. The Bertz CT molecular complexity index is 958. The molecule has 0 radical (unpaired) electrons. The number of ether oxygens (including phenoxy) is 3. The van der Waals surface area contributed by atoms with Crippen molar-refractivity contribution in [3.05, 3.63) is 29.8 Å². The van der Waals surface area contributed by atoms with E-state index in [-0.39, 0.29) is 6.79 Å². The molecule has 9 nitrogen and oxygen atoms in total. The summed E-state index contributed by atoms with van der Waals surface area (Å²) in [6, 6.07) is 3.35. The molecule has 1 aromatic rings. The van der Waals surface area contributed by atoms with Crippen LogP contribution in [0.2, 0.25) is 0 Å². The van der Waals surface area contributed by atoms with Gasteiger partial charge in [0.1, 0.15) is 17.5 Å². The van der Waals surface area contributed by atoms with Crippen LogP contribution in [0.1, 0.15) is 19.4 Å². The topological polar surface area (TPSA) is 111 Å². The molecular weight excluding hydrogens is 400 g/mol. The Kier molecular flexibility index (Phi) is 4.60. The zero-order valence-corrected chi connectivity index (χ0v) is 16.9. The number of β-lactam (4-membered cyclic amide) rings is 1. The summed E-state index contributed by atoms with van der Waals surface area (Å²) in [5.41, 5.74) is 0.724. The molecule has 3 heterocycles. The Balaban J connectivity index is 1.45. The molecule has 1 aromatic carbocycles. The molecule has 2 saturated heterocycles. The number of rotatable bonds is 4. The summed E-state index contributed by atoms with van der Waals surface area (Å²) in [5, 5.41) is 1.83. The molecule has 4 rings (SSSR count). The van der Waals surface area contributed by atoms with E-state index in [1.54, 1.807) is 38.1 Å². The second-order valence-corrected chi connectivity index (χ2v) is 9.52. The molecule has 2 fully saturated rings. The van der Waals surface area contributed by atoms with Gasteiger partial charge in [-0.15, -0.1) is 0 Å². The summed E-state index contributed by atoms with van der Waals surface area (Å²) in [4.78, 5) is 38.2. The van der Waals surface area contributed by atoms with Crippen LogP contribution in [-0.4, -0.2) is 63.0 Å². The number of hydrogen-bond acceptors (Lipinski definition) is 7. The molecule has 3 aliphatic heterocycles. The molecule has 0 aliphatic carbocycles. The number of amides is 2. The number of nitrogens with zero attached hydrogens (tertiary/aromatic N) is 1. The predicted octanol–water partition coefficient (Wildman–Crippen LogP) is 0.164. The summed E-state index contributed by atoms with van der Waals surface area (Å²) in [6.45, 7) is 3.45. The first-order valence-corrected chi connectivity index (χ1v) is 10.2. The monoisotopic (exact) mass is 420 g/mol. The van der Waals surface area contributed by atoms with Crippen molar-refractivity contribution in [2.45, 2.75) is 36.1 Å². The summed E-state index contributed by atoms with van der Waals surface area (Å²) < 4.78 is 27.2. The largest absolute Gasteiger partial charge is 0.467 e. The maximum Gasteiger partial charge on any atom is 0.330 e. The second kappa shape index (κ2) is 6.87. The van der Waals surface area contributed by atoms with Crippen molar-refractivity contribution >= 4 is 34.7 Å². The number of carbonyl (C=O) groups excluding carboxylic acids is 3. The highest BCUT2D eigenvalue weighted by Gasteiger charge is 2.68. The van der Waals surface area contributed by atoms with Gasteiger partial charge in [0.2, 0.25) is 18.6 Å². The van der Waals surface area contributed by atoms with Crippen molar-refractivity contribution in [1.29, 1.82) is 0 Å². The average Bonchev–Trinajstić information content (AvgIpc) is 3.23. The lowest BCUT2D eigenvalue weighted by Crippen LogP contribution is -2.71. The molecule has 29 heavy (non-hydrogen) atoms. The number of benzene rings is 1. The standard InChI is InChI=1S/C19H20N2O7S/c1-19(2)15(18(24)26-3)21-16(23)14(17(21)29(19)25)20-13(22)7-5-10-4-6-11-12(8-10)28-9-27-11/h4-8,14-15,17H,9H2,1-3H3,(H,20,22)/b7-5+/t14-,15+,17-,29?/m1/s1. The number of carbonyl (C=O) groups is 3. The van der Waals surface area contributed by atoms with E-state index >= 15 is 0 Å². The molecule has 154 valence electrons. The highest BCUT2D eigenvalue weighted by molar-refractivity contribution is 7.87. The van der Waals surface area contributed by atoms with Crippen LogP contribution in [0.3, 0.4) is 0 Å². The molecule has 4 atom stereocenters. The molecule has 3 aliphatic rings. The van der Waals surface area contributed by atoms with Crippen LogP contribution >= 0.6 is 0 Å². The third-order valence-electron chi connectivity index (χ3n) is 5.30.